The number of rotatable bonds is 5. The molecule has 0 saturated carbocycles. The predicted octanol–water partition coefficient (Wildman–Crippen LogP) is 4.09. The monoisotopic (exact) mass is 152 g/mol. The van der Waals surface area contributed by atoms with E-state index in [0.29, 0.717) is 0 Å². The molecule has 0 aliphatic rings. The van der Waals surface area contributed by atoms with Crippen LogP contribution in [0, 0.1) is 0 Å². The van der Waals surface area contributed by atoms with Gasteiger partial charge in [-0.25, -0.2) is 0 Å². The van der Waals surface area contributed by atoms with Gasteiger partial charge in [0.1, 0.15) is 0 Å². The average molecular weight is 152 g/mol. The molecular formula is C11H20. The fourth-order valence-corrected chi connectivity index (χ4v) is 1.12. The molecule has 0 rings (SSSR count). The van der Waals surface area contributed by atoms with Gasteiger partial charge in [-0.3, -0.25) is 0 Å². The second kappa shape index (κ2) is 6.21. The van der Waals surface area contributed by atoms with Crippen molar-refractivity contribution in [1.29, 1.82) is 0 Å². The first-order chi connectivity index (χ1) is 5.16. The first-order valence-electron chi connectivity index (χ1n) is 4.46. The van der Waals surface area contributed by atoms with Crippen molar-refractivity contribution < 1.29 is 0 Å². The maximum atomic E-state index is 3.88. The lowest BCUT2D eigenvalue weighted by molar-refractivity contribution is 0.801. The molecule has 0 N–H and O–H groups in total. The van der Waals surface area contributed by atoms with Gasteiger partial charge in [0.2, 0.25) is 0 Å². The van der Waals surface area contributed by atoms with Crippen LogP contribution in [0.1, 0.15) is 46.5 Å². The third-order valence-corrected chi connectivity index (χ3v) is 1.73. The number of allylic oxidation sites excluding steroid dienone is 3. The maximum Gasteiger partial charge on any atom is -0.0320 e. The van der Waals surface area contributed by atoms with Crippen molar-refractivity contribution in [1.82, 2.24) is 0 Å². The SMILES string of the molecule is C=C(C)CCCC(C)=CCC. The summed E-state index contributed by atoms with van der Waals surface area (Å²) in [6.07, 6.45) is 7.14. The van der Waals surface area contributed by atoms with E-state index < -0.39 is 0 Å². The Morgan fingerprint density at radius 3 is 2.36 bits per heavy atom. The highest BCUT2D eigenvalue weighted by Crippen LogP contribution is 2.10. The van der Waals surface area contributed by atoms with Crippen molar-refractivity contribution in [3.8, 4) is 0 Å². The standard InChI is InChI=1S/C11H20/c1-5-7-11(4)9-6-8-10(2)3/h7H,2,5-6,8-9H2,1,3-4H3. The molecule has 0 saturated heterocycles. The van der Waals surface area contributed by atoms with Gasteiger partial charge >= 0.3 is 0 Å². The molecule has 0 aliphatic carbocycles. The van der Waals surface area contributed by atoms with E-state index in [1.54, 1.807) is 0 Å². The molecule has 0 nitrogen and oxygen atoms in total. The Kier molecular flexibility index (Phi) is 5.91. The number of hydrogen-bond donors (Lipinski definition) is 0. The Bertz CT molecular complexity index is 140. The Labute approximate surface area is 71.0 Å². The van der Waals surface area contributed by atoms with Crippen LogP contribution in [0.15, 0.2) is 23.8 Å². The van der Waals surface area contributed by atoms with Crippen LogP contribution in [0.3, 0.4) is 0 Å². The van der Waals surface area contributed by atoms with Crippen molar-refractivity contribution in [3.05, 3.63) is 23.8 Å². The molecule has 0 bridgehead atoms. The van der Waals surface area contributed by atoms with Gasteiger partial charge in [0, 0.05) is 0 Å². The smallest absolute Gasteiger partial charge is 0.0320 e. The highest BCUT2D eigenvalue weighted by atomic mass is 14.0. The minimum absolute atomic E-state index is 1.17. The third-order valence-electron chi connectivity index (χ3n) is 1.73. The molecule has 0 heteroatoms. The molecule has 0 aromatic carbocycles. The van der Waals surface area contributed by atoms with Crippen LogP contribution in [0.2, 0.25) is 0 Å². The lowest BCUT2D eigenvalue weighted by Crippen LogP contribution is -1.80. The molecule has 0 radical (unpaired) electrons. The van der Waals surface area contributed by atoms with Gasteiger partial charge in [-0.05, 0) is 39.5 Å². The van der Waals surface area contributed by atoms with Crippen LogP contribution >= 0.6 is 0 Å². The van der Waals surface area contributed by atoms with E-state index in [1.807, 2.05) is 0 Å². The van der Waals surface area contributed by atoms with E-state index in [2.05, 4.69) is 33.4 Å². The van der Waals surface area contributed by atoms with Gasteiger partial charge in [0.05, 0.1) is 0 Å². The quantitative estimate of drug-likeness (QED) is 0.520. The van der Waals surface area contributed by atoms with Crippen molar-refractivity contribution in [2.75, 3.05) is 0 Å². The molecular weight excluding hydrogens is 132 g/mol. The summed E-state index contributed by atoms with van der Waals surface area (Å²) < 4.78 is 0. The van der Waals surface area contributed by atoms with Gasteiger partial charge in [-0.2, -0.15) is 0 Å². The average Bonchev–Trinajstić information content (AvgIpc) is 1.87. The lowest BCUT2D eigenvalue weighted by Gasteiger charge is -2.00. The zero-order valence-electron chi connectivity index (χ0n) is 8.11. The van der Waals surface area contributed by atoms with E-state index in [0.717, 1.165) is 0 Å². The molecule has 64 valence electrons. The molecule has 0 aromatic rings. The molecule has 0 fully saturated rings. The van der Waals surface area contributed by atoms with Gasteiger partial charge in [-0.1, -0.05) is 24.1 Å². The highest BCUT2D eigenvalue weighted by molar-refractivity contribution is 4.98. The summed E-state index contributed by atoms with van der Waals surface area (Å²) in [4.78, 5) is 0. The topological polar surface area (TPSA) is 0 Å². The summed E-state index contributed by atoms with van der Waals surface area (Å²) in [5.41, 5.74) is 2.82. The Balaban J connectivity index is 3.38. The predicted molar refractivity (Wildman–Crippen MR) is 52.7 cm³/mol. The molecule has 0 spiro atoms. The summed E-state index contributed by atoms with van der Waals surface area (Å²) in [5, 5.41) is 0. The van der Waals surface area contributed by atoms with Gasteiger partial charge < -0.3 is 0 Å². The van der Waals surface area contributed by atoms with Gasteiger partial charge in [0.15, 0.2) is 0 Å². The fourth-order valence-electron chi connectivity index (χ4n) is 1.12. The normalized spacial score (nSPS) is 11.7. The Morgan fingerprint density at radius 1 is 1.27 bits per heavy atom. The first-order valence-corrected chi connectivity index (χ1v) is 4.46. The van der Waals surface area contributed by atoms with E-state index in [1.165, 1.54) is 36.8 Å². The van der Waals surface area contributed by atoms with Crippen LogP contribution in [-0.2, 0) is 0 Å². The zero-order chi connectivity index (χ0) is 8.69. The molecule has 0 aliphatic heterocycles. The summed E-state index contributed by atoms with van der Waals surface area (Å²) in [6, 6.07) is 0. The van der Waals surface area contributed by atoms with Crippen LogP contribution < -0.4 is 0 Å². The van der Waals surface area contributed by atoms with Gasteiger partial charge in [0.25, 0.3) is 0 Å². The lowest BCUT2D eigenvalue weighted by atomic mass is 10.1. The Morgan fingerprint density at radius 2 is 1.91 bits per heavy atom. The van der Waals surface area contributed by atoms with E-state index in [4.69, 9.17) is 0 Å². The molecule has 0 amide bonds. The van der Waals surface area contributed by atoms with Crippen molar-refractivity contribution in [3.63, 3.8) is 0 Å². The van der Waals surface area contributed by atoms with Crippen LogP contribution in [0.5, 0.6) is 0 Å². The summed E-state index contributed by atoms with van der Waals surface area (Å²) >= 11 is 0. The highest BCUT2D eigenvalue weighted by Gasteiger charge is 1.90. The Hall–Kier alpha value is -0.520. The summed E-state index contributed by atoms with van der Waals surface area (Å²) in [7, 11) is 0. The second-order valence-corrected chi connectivity index (χ2v) is 3.27. The van der Waals surface area contributed by atoms with Crippen molar-refractivity contribution in [2.45, 2.75) is 46.5 Å². The minimum Gasteiger partial charge on any atom is -0.100 e. The van der Waals surface area contributed by atoms with Gasteiger partial charge in [-0.15, -0.1) is 6.58 Å². The first kappa shape index (κ1) is 10.5. The van der Waals surface area contributed by atoms with Crippen LogP contribution in [0.25, 0.3) is 0 Å². The third kappa shape index (κ3) is 7.38. The maximum absolute atomic E-state index is 3.88. The molecule has 0 heterocycles. The van der Waals surface area contributed by atoms with E-state index in [9.17, 15) is 0 Å². The second-order valence-electron chi connectivity index (χ2n) is 3.27. The summed E-state index contributed by atoms with van der Waals surface area (Å²) in [6.45, 7) is 10.4. The molecule has 11 heavy (non-hydrogen) atoms. The zero-order valence-corrected chi connectivity index (χ0v) is 8.11. The van der Waals surface area contributed by atoms with Crippen molar-refractivity contribution in [2.24, 2.45) is 0 Å². The molecule has 0 aromatic heterocycles. The number of hydrogen-bond acceptors (Lipinski definition) is 0. The summed E-state index contributed by atoms with van der Waals surface area (Å²) in [5.74, 6) is 0. The van der Waals surface area contributed by atoms with E-state index >= 15 is 0 Å². The van der Waals surface area contributed by atoms with E-state index in [-0.39, 0.29) is 0 Å². The largest absolute Gasteiger partial charge is 0.100 e. The van der Waals surface area contributed by atoms with Crippen LogP contribution in [0.4, 0.5) is 0 Å². The molecule has 0 atom stereocenters. The minimum atomic E-state index is 1.17. The molecule has 0 unspecified atom stereocenters. The van der Waals surface area contributed by atoms with Crippen LogP contribution in [-0.4, -0.2) is 0 Å². The van der Waals surface area contributed by atoms with Crippen molar-refractivity contribution >= 4 is 0 Å². The fraction of sp³-hybridized carbons (Fsp3) is 0.636.